The fraction of sp³-hybridized carbons (Fsp3) is 0.609. The summed E-state index contributed by atoms with van der Waals surface area (Å²) in [7, 11) is 1.68. The first kappa shape index (κ1) is 23.6. The molecule has 4 unspecified atom stereocenters. The summed E-state index contributed by atoms with van der Waals surface area (Å²) < 4.78 is 11.3. The lowest BCUT2D eigenvalue weighted by molar-refractivity contribution is -0.266. The maximum absolute atomic E-state index is 12.1. The van der Waals surface area contributed by atoms with Gasteiger partial charge in [-0.15, -0.1) is 15.3 Å². The second-order valence-electron chi connectivity index (χ2n) is 9.60. The maximum Gasteiger partial charge on any atom is 0.410 e. The van der Waals surface area contributed by atoms with E-state index in [9.17, 15) is 9.90 Å². The second-order valence-corrected chi connectivity index (χ2v) is 9.60. The van der Waals surface area contributed by atoms with E-state index in [1.54, 1.807) is 12.1 Å². The van der Waals surface area contributed by atoms with E-state index in [1.807, 2.05) is 56.0 Å². The van der Waals surface area contributed by atoms with Crippen LogP contribution in [0.1, 0.15) is 57.0 Å². The van der Waals surface area contributed by atoms with E-state index >= 15 is 0 Å². The summed E-state index contributed by atoms with van der Waals surface area (Å²) in [6.07, 6.45) is 0.794. The largest absolute Gasteiger partial charge is 0.444 e. The summed E-state index contributed by atoms with van der Waals surface area (Å²) in [4.78, 5) is 21.5. The summed E-state index contributed by atoms with van der Waals surface area (Å²) in [6.45, 7) is 6.97. The van der Waals surface area contributed by atoms with Gasteiger partial charge in [-0.2, -0.15) is 0 Å². The zero-order chi connectivity index (χ0) is 23.6. The van der Waals surface area contributed by atoms with Gasteiger partial charge in [0.1, 0.15) is 5.60 Å². The molecule has 3 heterocycles. The monoisotopic (exact) mass is 459 g/mol. The number of hydrogen-bond donors (Lipinski definition) is 1. The Morgan fingerprint density at radius 1 is 1.24 bits per heavy atom. The summed E-state index contributed by atoms with van der Waals surface area (Å²) in [6, 6.07) is 9.84. The number of ether oxygens (including phenoxy) is 1. The third-order valence-corrected chi connectivity index (χ3v) is 5.84. The zero-order valence-electron chi connectivity index (χ0n) is 19.7. The molecule has 2 aliphatic rings. The van der Waals surface area contributed by atoms with Gasteiger partial charge in [0.15, 0.2) is 6.35 Å². The average molecular weight is 460 g/mol. The molecule has 2 aromatic rings. The molecule has 10 nitrogen and oxygen atoms in total. The molecule has 0 aliphatic carbocycles. The number of carbonyl (C=O) groups is 1. The first-order valence-electron chi connectivity index (χ1n) is 11.4. The van der Waals surface area contributed by atoms with Crippen molar-refractivity contribution >= 4 is 6.09 Å². The second kappa shape index (κ2) is 9.76. The van der Waals surface area contributed by atoms with Crippen LogP contribution in [0.25, 0.3) is 0 Å². The van der Waals surface area contributed by atoms with E-state index in [0.29, 0.717) is 37.9 Å². The number of rotatable bonds is 7. The summed E-state index contributed by atoms with van der Waals surface area (Å²) in [5.41, 5.74) is 0.507. The highest BCUT2D eigenvalue weighted by Crippen LogP contribution is 2.39. The van der Waals surface area contributed by atoms with E-state index in [4.69, 9.17) is 14.0 Å². The van der Waals surface area contributed by atoms with Gasteiger partial charge in [0, 0.05) is 26.6 Å². The molecule has 0 saturated carbocycles. The van der Waals surface area contributed by atoms with Crippen molar-refractivity contribution < 1.29 is 23.9 Å². The van der Waals surface area contributed by atoms with E-state index < -0.39 is 18.0 Å². The molecule has 1 aromatic carbocycles. The Morgan fingerprint density at radius 2 is 2.00 bits per heavy atom. The van der Waals surface area contributed by atoms with E-state index in [0.717, 1.165) is 18.4 Å². The van der Waals surface area contributed by atoms with Gasteiger partial charge in [-0.05, 0) is 39.2 Å². The minimum atomic E-state index is -0.875. The van der Waals surface area contributed by atoms with Gasteiger partial charge in [-0.3, -0.25) is 9.74 Å². The number of carbonyl (C=O) groups excluding carboxylic acids is 1. The van der Waals surface area contributed by atoms with Gasteiger partial charge in [-0.25, -0.2) is 4.79 Å². The molecule has 2 fully saturated rings. The molecule has 1 N–H and O–H groups in total. The summed E-state index contributed by atoms with van der Waals surface area (Å²) in [5, 5.41) is 20.9. The molecule has 2 bridgehead atoms. The molecule has 2 saturated heterocycles. The van der Waals surface area contributed by atoms with E-state index in [2.05, 4.69) is 10.2 Å². The highest BCUT2D eigenvalue weighted by molar-refractivity contribution is 5.67. The quantitative estimate of drug-likeness (QED) is 0.669. The number of aliphatic hydroxyl groups excluding tert-OH is 1. The SMILES string of the molecule is CN(CCc1nnc(C2CCC3CN2C(O)N3OCc2ccccc2)o1)C(=O)OC(C)(C)C. The lowest BCUT2D eigenvalue weighted by Crippen LogP contribution is -2.39. The number of aromatic nitrogens is 2. The first-order chi connectivity index (χ1) is 15.7. The molecular formula is C23H33N5O5. The Bertz CT molecular complexity index is 931. The number of aliphatic hydroxyl groups is 1. The third kappa shape index (κ3) is 5.70. The molecule has 0 spiro atoms. The standard InChI is InChI=1S/C23H33N5O5/c1-23(2,3)33-22(30)26(4)13-12-19-24-25-20(32-19)18-11-10-17-14-27(18)21(29)28(17)31-15-16-8-6-5-7-9-16/h5-9,17-18,21,29H,10-15H2,1-4H3. The average Bonchev–Trinajstić information content (AvgIpc) is 3.34. The van der Waals surface area contributed by atoms with Gasteiger partial charge in [0.2, 0.25) is 11.8 Å². The molecule has 10 heteroatoms. The third-order valence-electron chi connectivity index (χ3n) is 5.84. The van der Waals surface area contributed by atoms with Gasteiger partial charge in [0.25, 0.3) is 0 Å². The van der Waals surface area contributed by atoms with Crippen LogP contribution in [-0.4, -0.2) is 74.4 Å². The Labute approximate surface area is 194 Å². The van der Waals surface area contributed by atoms with Crippen LogP contribution < -0.4 is 0 Å². The lowest BCUT2D eigenvalue weighted by atomic mass is 10.0. The predicted molar refractivity (Wildman–Crippen MR) is 118 cm³/mol. The van der Waals surface area contributed by atoms with Crippen molar-refractivity contribution in [3.8, 4) is 0 Å². The highest BCUT2D eigenvalue weighted by Gasteiger charge is 2.48. The van der Waals surface area contributed by atoms with Crippen molar-refractivity contribution in [1.29, 1.82) is 0 Å². The van der Waals surface area contributed by atoms with Crippen LogP contribution in [0.5, 0.6) is 0 Å². The van der Waals surface area contributed by atoms with Crippen molar-refractivity contribution in [2.45, 2.75) is 70.7 Å². The predicted octanol–water partition coefficient (Wildman–Crippen LogP) is 2.71. The Kier molecular flexibility index (Phi) is 6.99. The Hall–Kier alpha value is -2.53. The molecule has 2 aliphatic heterocycles. The molecule has 4 rings (SSSR count). The molecule has 1 aromatic heterocycles. The highest BCUT2D eigenvalue weighted by atomic mass is 16.7. The van der Waals surface area contributed by atoms with Gasteiger partial charge in [-0.1, -0.05) is 30.3 Å². The van der Waals surface area contributed by atoms with Crippen molar-refractivity contribution in [3.05, 3.63) is 47.7 Å². The number of amides is 1. The number of hydroxylamine groups is 2. The number of benzene rings is 1. The van der Waals surface area contributed by atoms with Gasteiger partial charge in [0.05, 0.1) is 18.7 Å². The number of fused-ring (bicyclic) bond motifs is 2. The Morgan fingerprint density at radius 3 is 2.73 bits per heavy atom. The Balaban J connectivity index is 1.32. The minimum absolute atomic E-state index is 0.116. The molecule has 1 amide bonds. The van der Waals surface area contributed by atoms with Crippen LogP contribution in [0.3, 0.4) is 0 Å². The first-order valence-corrected chi connectivity index (χ1v) is 11.4. The van der Waals surface area contributed by atoms with Crippen molar-refractivity contribution in [3.63, 3.8) is 0 Å². The van der Waals surface area contributed by atoms with E-state index in [1.165, 1.54) is 4.90 Å². The molecule has 33 heavy (non-hydrogen) atoms. The van der Waals surface area contributed by atoms with Crippen molar-refractivity contribution in [2.75, 3.05) is 20.1 Å². The van der Waals surface area contributed by atoms with Crippen LogP contribution in [-0.2, 0) is 22.6 Å². The van der Waals surface area contributed by atoms with Gasteiger partial charge < -0.3 is 19.2 Å². The molecule has 180 valence electrons. The lowest BCUT2D eigenvalue weighted by Gasteiger charge is -2.29. The number of nitrogens with zero attached hydrogens (tertiary/aromatic N) is 5. The zero-order valence-corrected chi connectivity index (χ0v) is 19.7. The van der Waals surface area contributed by atoms with Crippen LogP contribution in [0.4, 0.5) is 4.79 Å². The fourth-order valence-electron chi connectivity index (χ4n) is 4.13. The summed E-state index contributed by atoms with van der Waals surface area (Å²) in [5.74, 6) is 0.931. The summed E-state index contributed by atoms with van der Waals surface area (Å²) >= 11 is 0. The van der Waals surface area contributed by atoms with Crippen LogP contribution >= 0.6 is 0 Å². The van der Waals surface area contributed by atoms with Crippen molar-refractivity contribution in [2.24, 2.45) is 0 Å². The van der Waals surface area contributed by atoms with Crippen molar-refractivity contribution in [1.82, 2.24) is 25.1 Å². The minimum Gasteiger partial charge on any atom is -0.444 e. The normalized spacial score (nSPS) is 25.2. The maximum atomic E-state index is 12.1. The van der Waals surface area contributed by atoms with E-state index in [-0.39, 0.29) is 12.1 Å². The number of piperidine rings is 1. The molecular weight excluding hydrogens is 426 g/mol. The number of hydrogen-bond acceptors (Lipinski definition) is 9. The van der Waals surface area contributed by atoms with Crippen LogP contribution in [0.2, 0.25) is 0 Å². The van der Waals surface area contributed by atoms with Gasteiger partial charge >= 0.3 is 6.09 Å². The molecule has 0 radical (unpaired) electrons. The number of likely N-dealkylation sites (N-methyl/N-ethyl adjacent to an activating group) is 1. The fourth-order valence-corrected chi connectivity index (χ4v) is 4.13. The van der Waals surface area contributed by atoms with Crippen LogP contribution in [0, 0.1) is 0 Å². The topological polar surface area (TPSA) is 104 Å². The smallest absolute Gasteiger partial charge is 0.410 e. The molecule has 4 atom stereocenters. The van der Waals surface area contributed by atoms with Crippen LogP contribution in [0.15, 0.2) is 34.7 Å².